The smallest absolute Gasteiger partial charge is 0.235 e. The normalized spacial score (nSPS) is 19.1. The van der Waals surface area contributed by atoms with E-state index in [1.165, 1.54) is 11.6 Å². The molecule has 12 heteroatoms. The van der Waals surface area contributed by atoms with Crippen molar-refractivity contribution in [3.8, 4) is 0 Å². The fourth-order valence-electron chi connectivity index (χ4n) is 7.26. The molecule has 1 atom stereocenters. The molecule has 1 spiro atoms. The van der Waals surface area contributed by atoms with E-state index in [9.17, 15) is 14.0 Å². The molecule has 302 valence electrons. The van der Waals surface area contributed by atoms with Crippen molar-refractivity contribution in [1.82, 2.24) is 14.5 Å². The minimum atomic E-state index is -0.305. The lowest BCUT2D eigenvalue weighted by Crippen LogP contribution is -2.44. The second-order valence-electron chi connectivity index (χ2n) is 14.4. The van der Waals surface area contributed by atoms with Crippen LogP contribution in [0.15, 0.2) is 95.2 Å². The molecule has 4 heterocycles. The summed E-state index contributed by atoms with van der Waals surface area (Å²) in [7, 11) is 2.89. The van der Waals surface area contributed by atoms with E-state index in [0.717, 1.165) is 105 Å². The molecule has 4 aliphatic rings. The van der Waals surface area contributed by atoms with Gasteiger partial charge in [-0.1, -0.05) is 49.7 Å². The molecule has 3 N–H and O–H groups in total. The number of nitrogens with one attached hydrogen (secondary N) is 2. The van der Waals surface area contributed by atoms with Crippen molar-refractivity contribution in [2.75, 3.05) is 44.5 Å². The summed E-state index contributed by atoms with van der Waals surface area (Å²) >= 11 is 5.83. The summed E-state index contributed by atoms with van der Waals surface area (Å²) < 4.78 is 22.1. The molecule has 57 heavy (non-hydrogen) atoms. The molecule has 8 rings (SSSR count). The van der Waals surface area contributed by atoms with Crippen LogP contribution in [0.1, 0.15) is 73.8 Å². The lowest BCUT2D eigenvalue weighted by atomic mass is 9.97. The van der Waals surface area contributed by atoms with Crippen LogP contribution in [0.2, 0.25) is 5.02 Å². The van der Waals surface area contributed by atoms with E-state index < -0.39 is 0 Å². The number of aromatic nitrogens is 2. The van der Waals surface area contributed by atoms with E-state index in [2.05, 4.69) is 50.9 Å². The number of nitrogens with zero attached hydrogens (tertiary/aromatic N) is 4. The lowest BCUT2D eigenvalue weighted by molar-refractivity contribution is -0.142. The number of aldehydes is 1. The zero-order valence-corrected chi connectivity index (χ0v) is 34.3. The number of benzene rings is 3. The highest BCUT2D eigenvalue weighted by atomic mass is 35.5. The lowest BCUT2D eigenvalue weighted by Gasteiger charge is -2.39. The van der Waals surface area contributed by atoms with Gasteiger partial charge in [0.15, 0.2) is 0 Å². The highest BCUT2D eigenvalue weighted by molar-refractivity contribution is 6.30. The predicted molar refractivity (Wildman–Crippen MR) is 229 cm³/mol. The first-order valence-electron chi connectivity index (χ1n) is 19.5. The van der Waals surface area contributed by atoms with E-state index in [4.69, 9.17) is 26.4 Å². The Morgan fingerprint density at radius 1 is 1.14 bits per heavy atom. The molecule has 1 aliphatic carbocycles. The number of carbonyl (C=O) groups excluding carboxylic acids is 2. The third-order valence-corrected chi connectivity index (χ3v) is 11.0. The molecule has 1 saturated carbocycles. The van der Waals surface area contributed by atoms with Crippen molar-refractivity contribution in [3.05, 3.63) is 124 Å². The average molecular weight is 797 g/mol. The van der Waals surface area contributed by atoms with E-state index in [1.54, 1.807) is 12.1 Å². The van der Waals surface area contributed by atoms with E-state index in [-0.39, 0.29) is 22.7 Å². The standard InChI is InChI=1S/C31H32ClFN4O2.C11H12N2O.C2H6.CH4O/c1-31(13-16-39-31)21-37-29-10-7-22(20-38)17-28(29)35-30(37)19-36-14-11-24(12-15-36)27(34-2)6-4-3-5-23-8-9-25(32)18-26(23)33;1-12-7-2-3-9-8(6-7)11(4-5-11)10(14)13-9;2*1-2/h3-4,6-11,17-18,20H,2,5,12-16,19,21H2,1H3;2-3,6,12H,4-5H2,1H3,(H,13,14);1-2H3;2H,1H3/b4-3-,27-6-;;;. The number of imidazole rings is 1. The van der Waals surface area contributed by atoms with Gasteiger partial charge in [-0.3, -0.25) is 19.5 Å². The molecule has 4 aromatic rings. The summed E-state index contributed by atoms with van der Waals surface area (Å²) in [6.45, 7) is 13.7. The number of rotatable bonds is 11. The second-order valence-corrected chi connectivity index (χ2v) is 14.8. The van der Waals surface area contributed by atoms with Gasteiger partial charge < -0.3 is 25.0 Å². The van der Waals surface area contributed by atoms with Gasteiger partial charge in [-0.15, -0.1) is 0 Å². The number of halogens is 2. The SMILES string of the molecule is C=N/C(=C\C=C/Cc1ccc(Cl)cc1F)C1=CCN(Cc2nc3cc(C=O)ccc3n2CC2(C)CCO2)CC1.CC.CNc1ccc2c(c1)C1(CC1)C(=O)N2.CO. The molecule has 1 aromatic heterocycles. The third kappa shape index (κ3) is 9.96. The summed E-state index contributed by atoms with van der Waals surface area (Å²) in [6.07, 6.45) is 13.1. The molecule has 0 radical (unpaired) electrons. The molecule has 1 amide bonds. The monoisotopic (exact) mass is 796 g/mol. The molecule has 10 nitrogen and oxygen atoms in total. The largest absolute Gasteiger partial charge is 0.400 e. The summed E-state index contributed by atoms with van der Waals surface area (Å²) in [5, 5.41) is 13.4. The Morgan fingerprint density at radius 3 is 2.53 bits per heavy atom. The summed E-state index contributed by atoms with van der Waals surface area (Å²) in [5.41, 5.74) is 7.92. The summed E-state index contributed by atoms with van der Waals surface area (Å²) in [6, 6.07) is 16.4. The number of allylic oxidation sites excluding steroid dienone is 4. The third-order valence-electron chi connectivity index (χ3n) is 10.7. The van der Waals surface area contributed by atoms with Crippen LogP contribution < -0.4 is 10.6 Å². The zero-order valence-electron chi connectivity index (χ0n) is 33.6. The number of anilines is 2. The highest BCUT2D eigenvalue weighted by Gasteiger charge is 2.56. The number of amides is 1. The second kappa shape index (κ2) is 19.5. The van der Waals surface area contributed by atoms with Gasteiger partial charge in [0.2, 0.25) is 5.91 Å². The minimum absolute atomic E-state index is 0.164. The first kappa shape index (κ1) is 43.2. The summed E-state index contributed by atoms with van der Waals surface area (Å²) in [4.78, 5) is 34.5. The Labute approximate surface area is 340 Å². The van der Waals surface area contributed by atoms with Crippen LogP contribution in [-0.4, -0.2) is 77.9 Å². The van der Waals surface area contributed by atoms with Crippen molar-refractivity contribution in [2.24, 2.45) is 4.99 Å². The number of ether oxygens (including phenoxy) is 1. The molecule has 0 bridgehead atoms. The van der Waals surface area contributed by atoms with Crippen molar-refractivity contribution >= 4 is 52.9 Å². The van der Waals surface area contributed by atoms with Gasteiger partial charge in [0.1, 0.15) is 17.9 Å². The van der Waals surface area contributed by atoms with Crippen LogP contribution in [0, 0.1) is 5.82 Å². The maximum atomic E-state index is 14.0. The molecule has 1 unspecified atom stereocenters. The first-order chi connectivity index (χ1) is 27.6. The van der Waals surface area contributed by atoms with Crippen molar-refractivity contribution < 1.29 is 23.8 Å². The highest BCUT2D eigenvalue weighted by Crippen LogP contribution is 2.55. The predicted octanol–water partition coefficient (Wildman–Crippen LogP) is 8.68. The maximum absolute atomic E-state index is 14.0. The fourth-order valence-corrected chi connectivity index (χ4v) is 7.42. The van der Waals surface area contributed by atoms with Crippen LogP contribution in [0.4, 0.5) is 15.8 Å². The Kier molecular flexibility index (Phi) is 14.8. The van der Waals surface area contributed by atoms with Crippen molar-refractivity contribution in [2.45, 2.75) is 77.0 Å². The zero-order chi connectivity index (χ0) is 41.2. The molecule has 2 fully saturated rings. The van der Waals surface area contributed by atoms with Crippen molar-refractivity contribution in [1.29, 1.82) is 0 Å². The quantitative estimate of drug-likeness (QED) is 0.0790. The van der Waals surface area contributed by atoms with Gasteiger partial charge in [0, 0.05) is 55.6 Å². The average Bonchev–Trinajstić information content (AvgIpc) is 3.91. The first-order valence-corrected chi connectivity index (χ1v) is 19.9. The molecule has 1 saturated heterocycles. The van der Waals surface area contributed by atoms with Crippen molar-refractivity contribution in [3.63, 3.8) is 0 Å². The number of aliphatic hydroxyl groups is 1. The van der Waals surface area contributed by atoms with Gasteiger partial charge >= 0.3 is 0 Å². The van der Waals surface area contributed by atoms with Crippen LogP contribution in [-0.2, 0) is 34.5 Å². The maximum Gasteiger partial charge on any atom is 0.235 e. The topological polar surface area (TPSA) is 121 Å². The van der Waals surface area contributed by atoms with Gasteiger partial charge in [0.25, 0.3) is 0 Å². The molecule has 3 aliphatic heterocycles. The number of fused-ring (bicyclic) bond motifs is 3. The molecular weight excluding hydrogens is 743 g/mol. The Bertz CT molecular complexity index is 2170. The number of aliphatic imine (C=N–C) groups is 1. The number of aliphatic hydroxyl groups excluding tert-OH is 1. The van der Waals surface area contributed by atoms with Crippen LogP contribution >= 0.6 is 11.6 Å². The minimum Gasteiger partial charge on any atom is -0.400 e. The van der Waals surface area contributed by atoms with E-state index in [0.29, 0.717) is 29.1 Å². The Balaban J connectivity index is 0.000000284. The van der Waals surface area contributed by atoms with Crippen LogP contribution in [0.25, 0.3) is 11.0 Å². The fraction of sp³-hybridized carbons (Fsp3) is 0.378. The van der Waals surface area contributed by atoms with Gasteiger partial charge in [-0.25, -0.2) is 9.37 Å². The van der Waals surface area contributed by atoms with Crippen LogP contribution in [0.5, 0.6) is 0 Å². The Morgan fingerprint density at radius 2 is 1.91 bits per heavy atom. The number of carbonyl (C=O) groups is 2. The Hall–Kier alpha value is -4.94. The van der Waals surface area contributed by atoms with Gasteiger partial charge in [-0.2, -0.15) is 0 Å². The van der Waals surface area contributed by atoms with Gasteiger partial charge in [0.05, 0.1) is 47.4 Å². The van der Waals surface area contributed by atoms with Gasteiger partial charge in [-0.05, 0) is 111 Å². The number of hydrogen-bond acceptors (Lipinski definition) is 8. The van der Waals surface area contributed by atoms with Crippen LogP contribution in [0.3, 0.4) is 0 Å². The van der Waals surface area contributed by atoms with E-state index >= 15 is 0 Å². The number of hydrogen-bond donors (Lipinski definition) is 3. The van der Waals surface area contributed by atoms with E-state index in [1.807, 2.05) is 69.5 Å². The molecular formula is C45H54ClFN6O4. The summed E-state index contributed by atoms with van der Waals surface area (Å²) in [5.74, 6) is 0.845. The molecule has 3 aromatic carbocycles.